The standard InChI is InChI=1S/C33H40N6O3.C32H43N7O3.C32H40N6O4/c1-2-30(41)37-18-20-38(21-19-37)32-27-13-17-39(28-23-25(40)22-24-10-4-5-11-26(24)28)33(42)31(27)34-29(35-32)12-6-9-16-36-14-7-3-8-15-36;1-23(21-36(4)5)42-32-33-28-22-39(29-20-25(40)19-24-9-6-7-10-26(24)29)14-12-27(28)31(34-32)38-17-15-37(16-18-38)30(41)11-8-13-35(2)3;1-2-30(41)36-14-16-37(17-15-36)31-27-10-13-38(29-19-24(39)18-23-8-4-5-9-26(23)29)21-28(27)33-32(34-31)42-22-25(40)20-35-11-6-3-7-12-35/h2,4-5,10-11,22-23,40H,1,3,6-9,12-21H2;6-11,19-20,23,40H,12-18,21-22H2,1-5H3;2,4-5,8-9,18-19,25,39-40H,1,3,6-7,10-17,20-22H2/b;11-8+;/t;23-;/m.1./s1. The van der Waals surface area contributed by atoms with Gasteiger partial charge >= 0.3 is 12.0 Å². The van der Waals surface area contributed by atoms with Crippen LogP contribution in [0.5, 0.6) is 29.3 Å². The molecule has 4 N–H and O–H groups in total. The summed E-state index contributed by atoms with van der Waals surface area (Å²) < 4.78 is 12.3. The summed E-state index contributed by atoms with van der Waals surface area (Å²) in [6.07, 6.45) is 18.0. The number of hydrogen-bond acceptors (Lipinski definition) is 25. The number of phenols is 3. The minimum atomic E-state index is -0.630. The average Bonchev–Trinajstić information content (AvgIpc) is 0.755. The van der Waals surface area contributed by atoms with Gasteiger partial charge in [-0.15, -0.1) is 0 Å². The lowest BCUT2D eigenvalue weighted by atomic mass is 10.0. The van der Waals surface area contributed by atoms with E-state index < -0.39 is 6.10 Å². The Bertz CT molecular complexity index is 5380. The fourth-order valence-corrected chi connectivity index (χ4v) is 18.7. The number of piperidine rings is 2. The van der Waals surface area contributed by atoms with Crippen molar-refractivity contribution in [3.63, 3.8) is 0 Å². The minimum Gasteiger partial charge on any atom is -0.508 e. The molecule has 11 heterocycles. The molecule has 4 amide bonds. The second-order valence-electron chi connectivity index (χ2n) is 34.8. The normalized spacial score (nSPS) is 17.7. The molecule has 5 fully saturated rings. The number of aliphatic hydroxyl groups excluding tert-OH is 1. The van der Waals surface area contributed by atoms with Crippen LogP contribution in [-0.4, -0.2) is 306 Å². The third-order valence-electron chi connectivity index (χ3n) is 25.1. The van der Waals surface area contributed by atoms with E-state index in [1.165, 1.54) is 63.8 Å². The Morgan fingerprint density at radius 3 is 1.44 bits per heavy atom. The van der Waals surface area contributed by atoms with Gasteiger partial charge in [-0.2, -0.15) is 19.9 Å². The highest BCUT2D eigenvalue weighted by atomic mass is 16.5. The van der Waals surface area contributed by atoms with Crippen LogP contribution in [0, 0.1) is 0 Å². The molecule has 2 atom stereocenters. The highest BCUT2D eigenvalue weighted by molar-refractivity contribution is 6.12. The Morgan fingerprint density at radius 2 is 0.937 bits per heavy atom. The van der Waals surface area contributed by atoms with Gasteiger partial charge in [-0.3, -0.25) is 19.2 Å². The molecule has 126 heavy (non-hydrogen) atoms. The fourth-order valence-electron chi connectivity index (χ4n) is 18.7. The van der Waals surface area contributed by atoms with Gasteiger partial charge in [0, 0.05) is 193 Å². The van der Waals surface area contributed by atoms with Gasteiger partial charge in [0.15, 0.2) is 0 Å². The van der Waals surface area contributed by atoms with Crippen molar-refractivity contribution in [2.75, 3.05) is 215 Å². The number of carbonyl (C=O) groups excluding carboxylic acids is 4. The smallest absolute Gasteiger partial charge is 0.318 e. The monoisotopic (exact) mass is 1710 g/mol. The molecule has 0 saturated carbocycles. The minimum absolute atomic E-state index is 0.0525. The lowest BCUT2D eigenvalue weighted by molar-refractivity contribution is -0.127. The molecule has 29 nitrogen and oxygen atoms in total. The summed E-state index contributed by atoms with van der Waals surface area (Å²) in [5, 5.41) is 48.1. The highest BCUT2D eigenvalue weighted by Crippen LogP contribution is 2.41. The van der Waals surface area contributed by atoms with Gasteiger partial charge in [-0.05, 0) is 172 Å². The SMILES string of the molecule is C=CC(=O)N1CCN(c2nc(CCCCN3CCCCC3)nc3c2CCN(c2cc(O)cc4ccccc24)C3=O)CC1.C=CC(=O)N1CCN(c2nc(OCC(O)CN3CCCCC3)nc3c2CCN(c2cc(O)cc4ccccc24)C3)CC1.C[C@H](CN(C)C)Oc1nc2c(c(N3CCN(C(=O)/C=C/CN(C)C)CC3)n1)CCN(c1cc(O)cc3ccccc13)C2. The summed E-state index contributed by atoms with van der Waals surface area (Å²) in [4.78, 5) is 108. The lowest BCUT2D eigenvalue weighted by Gasteiger charge is -2.38. The van der Waals surface area contributed by atoms with Crippen LogP contribution in [0.2, 0.25) is 0 Å². The third kappa shape index (κ3) is 21.8. The van der Waals surface area contributed by atoms with Crippen LogP contribution in [0.4, 0.5) is 34.5 Å². The average molecular weight is 1720 g/mol. The molecule has 29 heteroatoms. The van der Waals surface area contributed by atoms with E-state index in [4.69, 9.17) is 39.4 Å². The number of phenolic OH excluding ortho intramolecular Hbond substituents is 3. The number of benzene rings is 6. The zero-order valence-electron chi connectivity index (χ0n) is 73.9. The maximum Gasteiger partial charge on any atom is 0.318 e. The molecule has 6 aromatic carbocycles. The first-order valence-electron chi connectivity index (χ1n) is 45.1. The van der Waals surface area contributed by atoms with Crippen LogP contribution in [0.15, 0.2) is 147 Å². The largest absolute Gasteiger partial charge is 0.508 e. The number of ether oxygens (including phenoxy) is 2. The Kier molecular flexibility index (Phi) is 29.4. The van der Waals surface area contributed by atoms with Crippen LogP contribution in [-0.2, 0) is 53.2 Å². The van der Waals surface area contributed by atoms with Gasteiger partial charge in [-0.1, -0.05) is 105 Å². The maximum atomic E-state index is 14.1. The summed E-state index contributed by atoms with van der Waals surface area (Å²) >= 11 is 0. The van der Waals surface area contributed by atoms with E-state index in [1.54, 1.807) is 45.0 Å². The number of amides is 4. The summed E-state index contributed by atoms with van der Waals surface area (Å²) in [6, 6.07) is 35.3. The molecule has 9 aromatic rings. The van der Waals surface area contributed by atoms with Gasteiger partial charge in [0.2, 0.25) is 17.7 Å². The van der Waals surface area contributed by atoms with Gasteiger partial charge in [0.05, 0.1) is 30.2 Å². The summed E-state index contributed by atoms with van der Waals surface area (Å²) in [7, 11) is 8.01. The maximum absolute atomic E-state index is 14.1. The fraction of sp³-hybridized carbons (Fsp3) is 0.464. The molecule has 8 aliphatic heterocycles. The summed E-state index contributed by atoms with van der Waals surface area (Å²) in [5.41, 5.74) is 8.02. The van der Waals surface area contributed by atoms with E-state index in [2.05, 4.69) is 64.5 Å². The number of unbranched alkanes of at least 4 members (excludes halogenated alkanes) is 1. The molecule has 0 spiro atoms. The molecule has 1 unspecified atom stereocenters. The Morgan fingerprint density at radius 1 is 0.484 bits per heavy atom. The van der Waals surface area contributed by atoms with E-state index in [9.17, 15) is 39.6 Å². The molecular formula is C97H123N19O10. The van der Waals surface area contributed by atoms with Crippen molar-refractivity contribution in [3.05, 3.63) is 186 Å². The van der Waals surface area contributed by atoms with Crippen molar-refractivity contribution in [1.82, 2.24) is 64.2 Å². The predicted molar refractivity (Wildman–Crippen MR) is 496 cm³/mol. The first kappa shape index (κ1) is 89.1. The second-order valence-corrected chi connectivity index (χ2v) is 34.8. The molecule has 666 valence electrons. The zero-order valence-corrected chi connectivity index (χ0v) is 73.9. The van der Waals surface area contributed by atoms with Crippen LogP contribution >= 0.6 is 0 Å². The second kappa shape index (κ2) is 41.6. The van der Waals surface area contributed by atoms with Gasteiger partial charge in [0.1, 0.15) is 65.0 Å². The zero-order chi connectivity index (χ0) is 87.9. The van der Waals surface area contributed by atoms with Crippen molar-refractivity contribution in [2.45, 2.75) is 109 Å². The van der Waals surface area contributed by atoms with Crippen molar-refractivity contribution in [3.8, 4) is 29.3 Å². The number of aromatic hydroxyl groups is 3. The molecule has 0 aliphatic carbocycles. The first-order chi connectivity index (χ1) is 61.2. The van der Waals surface area contributed by atoms with Crippen molar-refractivity contribution in [2.24, 2.45) is 0 Å². The number of hydrogen-bond donors (Lipinski definition) is 4. The van der Waals surface area contributed by atoms with Crippen LogP contribution in [0.25, 0.3) is 32.3 Å². The van der Waals surface area contributed by atoms with Crippen molar-refractivity contribution < 1.29 is 49.1 Å². The molecule has 0 bridgehead atoms. The first-order valence-corrected chi connectivity index (χ1v) is 45.1. The number of rotatable bonds is 25. The van der Waals surface area contributed by atoms with Crippen LogP contribution in [0.1, 0.15) is 103 Å². The van der Waals surface area contributed by atoms with Crippen LogP contribution in [0.3, 0.4) is 0 Å². The number of carbonyl (C=O) groups is 4. The number of fused-ring (bicyclic) bond motifs is 6. The molecule has 17 rings (SSSR count). The van der Waals surface area contributed by atoms with E-state index in [0.29, 0.717) is 141 Å². The van der Waals surface area contributed by atoms with E-state index >= 15 is 0 Å². The number of aromatic nitrogens is 6. The van der Waals surface area contributed by atoms with E-state index in [1.807, 2.05) is 124 Å². The topological polar surface area (TPSA) is 287 Å². The number of likely N-dealkylation sites (N-methyl/N-ethyl adjacent to an activating group) is 2. The van der Waals surface area contributed by atoms with E-state index in [0.717, 1.165) is 161 Å². The van der Waals surface area contributed by atoms with Crippen molar-refractivity contribution >= 4 is 90.5 Å². The lowest BCUT2D eigenvalue weighted by Crippen LogP contribution is -2.49. The number of nitrogens with zero attached hydrogens (tertiary/aromatic N) is 19. The summed E-state index contributed by atoms with van der Waals surface area (Å²) in [6.45, 7) is 27.7. The molecule has 0 radical (unpaired) electrons. The quantitative estimate of drug-likeness (QED) is 0.0306. The number of likely N-dealkylation sites (tertiary alicyclic amines) is 2. The number of anilines is 6. The molecule has 8 aliphatic rings. The Hall–Kier alpha value is -11.8. The Labute approximate surface area is 739 Å². The molecular weight excluding hydrogens is 1590 g/mol. The third-order valence-corrected chi connectivity index (χ3v) is 25.1. The van der Waals surface area contributed by atoms with E-state index in [-0.39, 0.29) is 59.6 Å². The Balaban J connectivity index is 0.000000146. The number of piperazine rings is 3. The number of aliphatic hydroxyl groups is 1. The number of aryl methyl sites for hydroxylation is 1. The van der Waals surface area contributed by atoms with Gasteiger partial charge in [0.25, 0.3) is 5.91 Å². The van der Waals surface area contributed by atoms with Gasteiger partial charge in [-0.25, -0.2) is 9.97 Å². The molecule has 5 saturated heterocycles. The molecule has 3 aromatic heterocycles. The predicted octanol–water partition coefficient (Wildman–Crippen LogP) is 10.1. The van der Waals surface area contributed by atoms with Gasteiger partial charge < -0.3 is 93.6 Å². The van der Waals surface area contributed by atoms with Crippen LogP contribution < -0.4 is 38.9 Å². The number of β-amino-alcohol motifs (C(OH)–C–C–N with tert-alkyl or cyclic N) is 1. The van der Waals surface area contributed by atoms with Crippen molar-refractivity contribution in [1.29, 1.82) is 0 Å². The summed E-state index contributed by atoms with van der Waals surface area (Å²) in [5.74, 6) is 3.66. The highest BCUT2D eigenvalue weighted by Gasteiger charge is 2.37.